The van der Waals surface area contributed by atoms with Crippen molar-refractivity contribution >= 4 is 11.6 Å². The van der Waals surface area contributed by atoms with E-state index in [2.05, 4.69) is 23.7 Å². The molecule has 2 aromatic heterocycles. The lowest BCUT2D eigenvalue weighted by Gasteiger charge is -2.38. The summed E-state index contributed by atoms with van der Waals surface area (Å²) in [6.45, 7) is 5.67. The standard InChI is InChI=1S/C17H23N3O2/c1-12(2)20-8-4-3-5-15(20)9-14-11-19-10-13(17(21)22)6-7-16(19)18-14/h6-7,10-12,15H,3-5,8-9H2,1-2H3,(H,21,22). The molecule has 0 radical (unpaired) electrons. The van der Waals surface area contributed by atoms with Crippen molar-refractivity contribution in [3.05, 3.63) is 35.8 Å². The Bertz CT molecular complexity index is 678. The van der Waals surface area contributed by atoms with Crippen LogP contribution in [0, 0.1) is 0 Å². The van der Waals surface area contributed by atoms with E-state index in [0.29, 0.717) is 12.1 Å². The van der Waals surface area contributed by atoms with Crippen LogP contribution in [0.2, 0.25) is 0 Å². The van der Waals surface area contributed by atoms with Crippen molar-refractivity contribution in [1.82, 2.24) is 14.3 Å². The number of aromatic carboxylic acids is 1. The first-order valence-electron chi connectivity index (χ1n) is 8.01. The molecule has 1 N–H and O–H groups in total. The highest BCUT2D eigenvalue weighted by Gasteiger charge is 2.25. The average molecular weight is 301 g/mol. The van der Waals surface area contributed by atoms with Gasteiger partial charge in [0.15, 0.2) is 0 Å². The molecule has 0 aliphatic carbocycles. The Labute approximate surface area is 130 Å². The number of hydrogen-bond acceptors (Lipinski definition) is 3. The van der Waals surface area contributed by atoms with E-state index in [0.717, 1.165) is 17.8 Å². The van der Waals surface area contributed by atoms with E-state index in [1.165, 1.54) is 25.8 Å². The molecule has 0 bridgehead atoms. The zero-order valence-electron chi connectivity index (χ0n) is 13.2. The van der Waals surface area contributed by atoms with Gasteiger partial charge < -0.3 is 9.51 Å². The van der Waals surface area contributed by atoms with Gasteiger partial charge in [-0.2, -0.15) is 0 Å². The minimum absolute atomic E-state index is 0.290. The van der Waals surface area contributed by atoms with Gasteiger partial charge in [-0.3, -0.25) is 4.90 Å². The molecule has 1 aliphatic rings. The fourth-order valence-corrected chi connectivity index (χ4v) is 3.43. The van der Waals surface area contributed by atoms with Gasteiger partial charge in [-0.15, -0.1) is 0 Å². The summed E-state index contributed by atoms with van der Waals surface area (Å²) in [7, 11) is 0. The highest BCUT2D eigenvalue weighted by Crippen LogP contribution is 2.22. The minimum Gasteiger partial charge on any atom is -0.478 e. The number of imidazole rings is 1. The summed E-state index contributed by atoms with van der Waals surface area (Å²) in [5.74, 6) is -0.907. The molecule has 3 rings (SSSR count). The monoisotopic (exact) mass is 301 g/mol. The van der Waals surface area contributed by atoms with Crippen molar-refractivity contribution in [2.24, 2.45) is 0 Å². The highest BCUT2D eigenvalue weighted by molar-refractivity contribution is 5.87. The minimum atomic E-state index is -0.907. The van der Waals surface area contributed by atoms with Crippen LogP contribution in [0.1, 0.15) is 49.2 Å². The lowest BCUT2D eigenvalue weighted by atomic mass is 9.97. The maximum atomic E-state index is 11.0. The molecule has 3 heterocycles. The third-order valence-electron chi connectivity index (χ3n) is 4.53. The first-order chi connectivity index (χ1) is 10.5. The van der Waals surface area contributed by atoms with Gasteiger partial charge >= 0.3 is 5.97 Å². The van der Waals surface area contributed by atoms with Crippen LogP contribution < -0.4 is 0 Å². The Hall–Kier alpha value is -1.88. The van der Waals surface area contributed by atoms with Crippen LogP contribution in [0.4, 0.5) is 0 Å². The van der Waals surface area contributed by atoms with E-state index in [9.17, 15) is 4.79 Å². The second-order valence-electron chi connectivity index (χ2n) is 6.41. The number of rotatable bonds is 4. The van der Waals surface area contributed by atoms with Crippen LogP contribution in [0.25, 0.3) is 5.65 Å². The summed E-state index contributed by atoms with van der Waals surface area (Å²) < 4.78 is 1.82. The average Bonchev–Trinajstić information content (AvgIpc) is 2.88. The van der Waals surface area contributed by atoms with Crippen molar-refractivity contribution in [2.45, 2.75) is 51.6 Å². The molecule has 1 fully saturated rings. The largest absolute Gasteiger partial charge is 0.478 e. The zero-order chi connectivity index (χ0) is 15.7. The maximum Gasteiger partial charge on any atom is 0.337 e. The normalized spacial score (nSPS) is 19.9. The molecule has 22 heavy (non-hydrogen) atoms. The molecule has 1 atom stereocenters. The predicted molar refractivity (Wildman–Crippen MR) is 85.3 cm³/mol. The van der Waals surface area contributed by atoms with Crippen molar-refractivity contribution < 1.29 is 9.90 Å². The molecular weight excluding hydrogens is 278 g/mol. The van der Waals surface area contributed by atoms with E-state index in [4.69, 9.17) is 5.11 Å². The van der Waals surface area contributed by atoms with Crippen LogP contribution in [-0.4, -0.2) is 44.0 Å². The molecule has 2 aromatic rings. The van der Waals surface area contributed by atoms with E-state index < -0.39 is 5.97 Å². The van der Waals surface area contributed by atoms with Gasteiger partial charge in [0.25, 0.3) is 0 Å². The van der Waals surface area contributed by atoms with E-state index >= 15 is 0 Å². The summed E-state index contributed by atoms with van der Waals surface area (Å²) >= 11 is 0. The number of carbonyl (C=O) groups is 1. The second kappa shape index (κ2) is 6.08. The maximum absolute atomic E-state index is 11.0. The molecule has 118 valence electrons. The van der Waals surface area contributed by atoms with Crippen molar-refractivity contribution in [3.63, 3.8) is 0 Å². The lowest BCUT2D eigenvalue weighted by Crippen LogP contribution is -2.45. The molecule has 5 nitrogen and oxygen atoms in total. The van der Waals surface area contributed by atoms with Crippen LogP contribution in [0.3, 0.4) is 0 Å². The van der Waals surface area contributed by atoms with Gasteiger partial charge in [0.1, 0.15) is 5.65 Å². The Morgan fingerprint density at radius 2 is 2.18 bits per heavy atom. The van der Waals surface area contributed by atoms with Crippen LogP contribution >= 0.6 is 0 Å². The summed E-state index contributed by atoms with van der Waals surface area (Å²) in [5.41, 5.74) is 2.14. The van der Waals surface area contributed by atoms with Crippen molar-refractivity contribution in [3.8, 4) is 0 Å². The number of piperidine rings is 1. The predicted octanol–water partition coefficient (Wildman–Crippen LogP) is 2.84. The van der Waals surface area contributed by atoms with Crippen LogP contribution in [0.15, 0.2) is 24.5 Å². The Morgan fingerprint density at radius 3 is 2.91 bits per heavy atom. The number of hydrogen-bond donors (Lipinski definition) is 1. The summed E-state index contributed by atoms with van der Waals surface area (Å²) in [5, 5.41) is 9.07. The fraction of sp³-hybridized carbons (Fsp3) is 0.529. The fourth-order valence-electron chi connectivity index (χ4n) is 3.43. The molecule has 1 unspecified atom stereocenters. The molecule has 0 aromatic carbocycles. The highest BCUT2D eigenvalue weighted by atomic mass is 16.4. The Morgan fingerprint density at radius 1 is 1.36 bits per heavy atom. The number of pyridine rings is 1. The Kier molecular flexibility index (Phi) is 4.16. The van der Waals surface area contributed by atoms with Gasteiger partial charge in [0.05, 0.1) is 11.3 Å². The van der Waals surface area contributed by atoms with Crippen molar-refractivity contribution in [1.29, 1.82) is 0 Å². The molecule has 1 aliphatic heterocycles. The van der Waals surface area contributed by atoms with Gasteiger partial charge in [0, 0.05) is 30.9 Å². The van der Waals surface area contributed by atoms with Gasteiger partial charge in [-0.25, -0.2) is 9.78 Å². The number of nitrogens with zero attached hydrogens (tertiary/aromatic N) is 3. The third kappa shape index (κ3) is 2.99. The second-order valence-corrected chi connectivity index (χ2v) is 6.41. The molecule has 0 saturated carbocycles. The van der Waals surface area contributed by atoms with Crippen LogP contribution in [0.5, 0.6) is 0 Å². The number of likely N-dealkylation sites (tertiary alicyclic amines) is 1. The number of carboxylic acids is 1. The molecule has 1 saturated heterocycles. The zero-order valence-corrected chi connectivity index (χ0v) is 13.2. The molecule has 0 amide bonds. The lowest BCUT2D eigenvalue weighted by molar-refractivity contribution is 0.0696. The van der Waals surface area contributed by atoms with E-state index in [-0.39, 0.29) is 5.56 Å². The number of fused-ring (bicyclic) bond motifs is 1. The van der Waals surface area contributed by atoms with Crippen molar-refractivity contribution in [2.75, 3.05) is 6.54 Å². The smallest absolute Gasteiger partial charge is 0.337 e. The molecular formula is C17H23N3O2. The van der Waals surface area contributed by atoms with E-state index in [1.54, 1.807) is 18.3 Å². The SMILES string of the molecule is CC(C)N1CCCCC1Cc1cn2cc(C(=O)O)ccc2n1. The molecule has 5 heteroatoms. The topological polar surface area (TPSA) is 57.8 Å². The summed E-state index contributed by atoms with van der Waals surface area (Å²) in [4.78, 5) is 18.3. The van der Waals surface area contributed by atoms with Gasteiger partial charge in [-0.1, -0.05) is 6.42 Å². The Balaban J connectivity index is 1.82. The third-order valence-corrected chi connectivity index (χ3v) is 4.53. The summed E-state index contributed by atoms with van der Waals surface area (Å²) in [6, 6.07) is 4.47. The van der Waals surface area contributed by atoms with Gasteiger partial charge in [0.2, 0.25) is 0 Å². The van der Waals surface area contributed by atoms with E-state index in [1.807, 2.05) is 10.6 Å². The first-order valence-corrected chi connectivity index (χ1v) is 8.01. The van der Waals surface area contributed by atoms with Crippen LogP contribution in [-0.2, 0) is 6.42 Å². The number of aromatic nitrogens is 2. The first kappa shape index (κ1) is 15.0. The quantitative estimate of drug-likeness (QED) is 0.943. The number of carboxylic acid groups (broad SMARTS) is 1. The summed E-state index contributed by atoms with van der Waals surface area (Å²) in [6.07, 6.45) is 8.31. The van der Waals surface area contributed by atoms with Gasteiger partial charge in [-0.05, 0) is 45.4 Å². The molecule has 0 spiro atoms.